The van der Waals surface area contributed by atoms with Crippen LogP contribution in [-0.4, -0.2) is 70.8 Å². The lowest BCUT2D eigenvalue weighted by molar-refractivity contribution is -0.145. The molecule has 28 heavy (non-hydrogen) atoms. The Bertz CT molecular complexity index is 822. The minimum absolute atomic E-state index is 0.282. The second kappa shape index (κ2) is 7.87. The fraction of sp³-hybridized carbons (Fsp3) is 0.474. The van der Waals surface area contributed by atoms with Gasteiger partial charge < -0.3 is 14.4 Å². The molecular weight excluding hydrogens is 366 g/mol. The molecule has 0 saturated carbocycles. The predicted molar refractivity (Wildman–Crippen MR) is 97.6 cm³/mol. The van der Waals surface area contributed by atoms with Gasteiger partial charge in [-0.1, -0.05) is 6.07 Å². The first-order valence-electron chi connectivity index (χ1n) is 9.18. The molecule has 5 amide bonds. The summed E-state index contributed by atoms with van der Waals surface area (Å²) < 4.78 is 11.0. The highest BCUT2D eigenvalue weighted by molar-refractivity contribution is 6.45. The molecule has 0 atom stereocenters. The predicted octanol–water partition coefficient (Wildman–Crippen LogP) is 1.01. The zero-order valence-electron chi connectivity index (χ0n) is 16.1. The lowest BCUT2D eigenvalue weighted by Gasteiger charge is -2.25. The molecule has 9 heteroatoms. The zero-order chi connectivity index (χ0) is 20.4. The number of fused-ring (bicyclic) bond motifs is 1. The Hall–Kier alpha value is -3.10. The van der Waals surface area contributed by atoms with Gasteiger partial charge in [-0.3, -0.25) is 19.3 Å². The normalized spacial score (nSPS) is 16.2. The number of urea groups is 1. The van der Waals surface area contributed by atoms with Crippen molar-refractivity contribution < 1.29 is 28.7 Å². The fourth-order valence-electron chi connectivity index (χ4n) is 3.14. The van der Waals surface area contributed by atoms with Crippen LogP contribution in [0.4, 0.5) is 4.79 Å². The van der Waals surface area contributed by atoms with Crippen LogP contribution in [0.2, 0.25) is 0 Å². The number of benzene rings is 1. The molecule has 0 aromatic heterocycles. The average Bonchev–Trinajstić information content (AvgIpc) is 2.89. The molecule has 1 saturated heterocycles. The van der Waals surface area contributed by atoms with Gasteiger partial charge in [0.1, 0.15) is 19.8 Å². The third kappa shape index (κ3) is 3.64. The van der Waals surface area contributed by atoms with Crippen molar-refractivity contribution in [1.29, 1.82) is 0 Å². The van der Waals surface area contributed by atoms with E-state index in [0.717, 1.165) is 10.5 Å². The molecule has 0 bridgehead atoms. The maximum Gasteiger partial charge on any atom is 0.334 e. The van der Waals surface area contributed by atoms with Crippen LogP contribution in [0.3, 0.4) is 0 Å². The van der Waals surface area contributed by atoms with Crippen LogP contribution in [0, 0.1) is 0 Å². The second-order valence-electron chi connectivity index (χ2n) is 6.83. The van der Waals surface area contributed by atoms with E-state index in [2.05, 4.69) is 0 Å². The van der Waals surface area contributed by atoms with Gasteiger partial charge in [0, 0.05) is 19.1 Å². The molecule has 0 N–H and O–H groups in total. The Kier molecular flexibility index (Phi) is 5.53. The van der Waals surface area contributed by atoms with Crippen molar-refractivity contribution in [3.8, 4) is 11.5 Å². The number of carbonyl (C=O) groups excluding carboxylic acids is 4. The van der Waals surface area contributed by atoms with Gasteiger partial charge in [0.2, 0.25) is 5.91 Å². The number of imide groups is 2. The molecule has 2 aliphatic heterocycles. The van der Waals surface area contributed by atoms with Gasteiger partial charge in [0.05, 0.1) is 0 Å². The molecule has 2 heterocycles. The highest BCUT2D eigenvalue weighted by Gasteiger charge is 2.46. The molecule has 0 aliphatic carbocycles. The first-order chi connectivity index (χ1) is 13.3. The number of likely N-dealkylation sites (N-methyl/N-ethyl adjacent to an activating group) is 1. The van der Waals surface area contributed by atoms with Crippen molar-refractivity contribution in [3.63, 3.8) is 0 Å². The summed E-state index contributed by atoms with van der Waals surface area (Å²) in [6, 6.07) is 4.22. The Balaban J connectivity index is 1.69. The molecular formula is C19H23N3O6. The van der Waals surface area contributed by atoms with Crippen molar-refractivity contribution in [2.24, 2.45) is 0 Å². The maximum atomic E-state index is 12.7. The molecule has 9 nitrogen and oxygen atoms in total. The van der Waals surface area contributed by atoms with Crippen molar-refractivity contribution >= 4 is 23.8 Å². The highest BCUT2D eigenvalue weighted by atomic mass is 16.6. The number of ether oxygens (including phenoxy) is 2. The quantitative estimate of drug-likeness (QED) is 0.532. The second-order valence-corrected chi connectivity index (χ2v) is 6.83. The van der Waals surface area contributed by atoms with Gasteiger partial charge in [-0.25, -0.2) is 9.69 Å². The number of carbonyl (C=O) groups is 4. The van der Waals surface area contributed by atoms with Gasteiger partial charge in [-0.15, -0.1) is 0 Å². The fourth-order valence-corrected chi connectivity index (χ4v) is 3.14. The molecule has 0 spiro atoms. The Morgan fingerprint density at radius 2 is 1.79 bits per heavy atom. The van der Waals surface area contributed by atoms with E-state index < -0.39 is 36.3 Å². The van der Waals surface area contributed by atoms with E-state index in [4.69, 9.17) is 9.47 Å². The van der Waals surface area contributed by atoms with Crippen LogP contribution in [0.15, 0.2) is 18.2 Å². The molecule has 1 fully saturated rings. The molecule has 1 aromatic rings. The maximum absolute atomic E-state index is 12.7. The summed E-state index contributed by atoms with van der Waals surface area (Å²) in [4.78, 5) is 52.2. The van der Waals surface area contributed by atoms with Gasteiger partial charge in [0.25, 0.3) is 0 Å². The van der Waals surface area contributed by atoms with E-state index in [1.54, 1.807) is 32.9 Å². The Morgan fingerprint density at radius 1 is 1.11 bits per heavy atom. The number of rotatable bonds is 6. The van der Waals surface area contributed by atoms with Crippen molar-refractivity contribution in [2.45, 2.75) is 33.4 Å². The summed E-state index contributed by atoms with van der Waals surface area (Å²) in [7, 11) is 0. The summed E-state index contributed by atoms with van der Waals surface area (Å²) in [5, 5.41) is 0. The van der Waals surface area contributed by atoms with Gasteiger partial charge in [0.15, 0.2) is 11.5 Å². The largest absolute Gasteiger partial charge is 0.486 e. The first kappa shape index (κ1) is 19.7. The Labute approximate surface area is 162 Å². The summed E-state index contributed by atoms with van der Waals surface area (Å²) in [5.74, 6) is -1.01. The van der Waals surface area contributed by atoms with Crippen LogP contribution in [0.5, 0.6) is 11.5 Å². The van der Waals surface area contributed by atoms with Crippen molar-refractivity contribution in [1.82, 2.24) is 14.7 Å². The smallest absolute Gasteiger partial charge is 0.334 e. The van der Waals surface area contributed by atoms with E-state index in [1.165, 1.54) is 4.90 Å². The third-order valence-electron chi connectivity index (χ3n) is 4.61. The Morgan fingerprint density at radius 3 is 2.39 bits per heavy atom. The number of amides is 5. The van der Waals surface area contributed by atoms with Crippen LogP contribution in [0.25, 0.3) is 0 Å². The molecule has 2 aliphatic rings. The van der Waals surface area contributed by atoms with Gasteiger partial charge >= 0.3 is 17.8 Å². The van der Waals surface area contributed by atoms with Crippen molar-refractivity contribution in [3.05, 3.63) is 23.8 Å². The monoisotopic (exact) mass is 389 g/mol. The number of hydrogen-bond donors (Lipinski definition) is 0. The minimum atomic E-state index is -0.970. The molecule has 0 unspecified atom stereocenters. The molecule has 3 rings (SSSR count). The average molecular weight is 389 g/mol. The third-order valence-corrected chi connectivity index (χ3v) is 4.61. The summed E-state index contributed by atoms with van der Waals surface area (Å²) in [5.41, 5.74) is 0.832. The summed E-state index contributed by atoms with van der Waals surface area (Å²) >= 11 is 0. The SMILES string of the molecule is CCN(Cc1ccc2c(c1)OCCO2)C(=O)CN1C(=O)C(=O)N(C(C)C)C1=O. The standard InChI is InChI=1S/C19H23N3O6/c1-4-20(10-13-5-6-14-15(9-13)28-8-7-27-14)16(23)11-21-17(24)18(25)22(12(2)3)19(21)26/h5-6,9,12H,4,7-8,10-11H2,1-3H3. The number of hydrogen-bond acceptors (Lipinski definition) is 6. The van der Waals surface area contributed by atoms with E-state index in [1.807, 2.05) is 6.07 Å². The topological polar surface area (TPSA) is 96.5 Å². The minimum Gasteiger partial charge on any atom is -0.486 e. The number of nitrogens with zero attached hydrogens (tertiary/aromatic N) is 3. The van der Waals surface area contributed by atoms with E-state index in [9.17, 15) is 19.2 Å². The van der Waals surface area contributed by atoms with Crippen LogP contribution in [0.1, 0.15) is 26.3 Å². The molecule has 150 valence electrons. The zero-order valence-corrected chi connectivity index (χ0v) is 16.1. The highest BCUT2D eigenvalue weighted by Crippen LogP contribution is 2.31. The van der Waals surface area contributed by atoms with Crippen LogP contribution >= 0.6 is 0 Å². The molecule has 0 radical (unpaired) electrons. The summed E-state index contributed by atoms with van der Waals surface area (Å²) in [6.45, 7) is 6.22. The van der Waals surface area contributed by atoms with E-state index in [-0.39, 0.29) is 6.54 Å². The van der Waals surface area contributed by atoms with E-state index in [0.29, 0.717) is 36.2 Å². The lowest BCUT2D eigenvalue weighted by Crippen LogP contribution is -2.44. The lowest BCUT2D eigenvalue weighted by atomic mass is 10.1. The summed E-state index contributed by atoms with van der Waals surface area (Å²) in [6.07, 6.45) is 0. The molecule has 1 aromatic carbocycles. The van der Waals surface area contributed by atoms with Crippen LogP contribution in [-0.2, 0) is 20.9 Å². The van der Waals surface area contributed by atoms with Crippen molar-refractivity contribution in [2.75, 3.05) is 26.3 Å². The van der Waals surface area contributed by atoms with Gasteiger partial charge in [-0.05, 0) is 38.5 Å². The van der Waals surface area contributed by atoms with Gasteiger partial charge in [-0.2, -0.15) is 0 Å². The van der Waals surface area contributed by atoms with Crippen LogP contribution < -0.4 is 9.47 Å². The first-order valence-corrected chi connectivity index (χ1v) is 9.18. The van der Waals surface area contributed by atoms with E-state index >= 15 is 0 Å².